The Morgan fingerprint density at radius 3 is 2.86 bits per heavy atom. The predicted molar refractivity (Wildman–Crippen MR) is 102 cm³/mol. The summed E-state index contributed by atoms with van der Waals surface area (Å²) in [5.41, 5.74) is 3.94. The number of fused-ring (bicyclic) bond motifs is 1. The minimum absolute atomic E-state index is 0.125. The van der Waals surface area contributed by atoms with Crippen LogP contribution in [0.4, 0.5) is 15.8 Å². The summed E-state index contributed by atoms with van der Waals surface area (Å²) in [5, 5.41) is 15.2. The molecule has 4 N–H and O–H groups in total. The van der Waals surface area contributed by atoms with Gasteiger partial charge in [-0.25, -0.2) is 4.39 Å². The fourth-order valence-corrected chi connectivity index (χ4v) is 3.24. The molecule has 1 aromatic carbocycles. The first-order valence-electron chi connectivity index (χ1n) is 8.91. The van der Waals surface area contributed by atoms with Crippen molar-refractivity contribution < 1.29 is 19.0 Å². The average molecular weight is 382 g/mol. The Hall–Kier alpha value is -3.39. The average Bonchev–Trinajstić information content (AvgIpc) is 3.08. The number of aliphatic hydroxyl groups excluding tert-OH is 1. The lowest BCUT2D eigenvalue weighted by Gasteiger charge is -2.15. The van der Waals surface area contributed by atoms with Gasteiger partial charge in [-0.05, 0) is 30.3 Å². The molecule has 1 aliphatic rings. The van der Waals surface area contributed by atoms with Gasteiger partial charge < -0.3 is 25.5 Å². The maximum Gasteiger partial charge on any atom is 0.255 e. The first kappa shape index (κ1) is 18.0. The number of aromatic nitrogens is 2. The largest absolute Gasteiger partial charge is 0.489 e. The SMILES string of the molecule is O=C1NCCc2[nH]c(-c3ccncc3OCCO)c(Nc3ccc(F)cc3)c21. The number of nitrogens with one attached hydrogen (secondary N) is 3. The van der Waals surface area contributed by atoms with Crippen LogP contribution in [0, 0.1) is 5.82 Å². The van der Waals surface area contributed by atoms with Crippen LogP contribution in [0.3, 0.4) is 0 Å². The van der Waals surface area contributed by atoms with E-state index in [1.165, 1.54) is 12.1 Å². The topological polar surface area (TPSA) is 99.3 Å². The van der Waals surface area contributed by atoms with Gasteiger partial charge >= 0.3 is 0 Å². The molecule has 3 heterocycles. The Balaban J connectivity index is 1.83. The zero-order valence-corrected chi connectivity index (χ0v) is 15.0. The van der Waals surface area contributed by atoms with Crippen LogP contribution in [0.15, 0.2) is 42.7 Å². The van der Waals surface area contributed by atoms with Crippen LogP contribution >= 0.6 is 0 Å². The molecule has 0 spiro atoms. The van der Waals surface area contributed by atoms with E-state index in [1.54, 1.807) is 30.6 Å². The number of aromatic amines is 1. The monoisotopic (exact) mass is 382 g/mol. The minimum atomic E-state index is -0.339. The van der Waals surface area contributed by atoms with Crippen molar-refractivity contribution in [3.63, 3.8) is 0 Å². The Bertz CT molecular complexity index is 1000. The van der Waals surface area contributed by atoms with Crippen LogP contribution in [0.1, 0.15) is 16.1 Å². The van der Waals surface area contributed by atoms with Crippen LogP contribution in [0.25, 0.3) is 11.3 Å². The summed E-state index contributed by atoms with van der Waals surface area (Å²) in [5.74, 6) is -0.0357. The molecular formula is C20H19FN4O3. The summed E-state index contributed by atoms with van der Waals surface area (Å²) < 4.78 is 18.9. The lowest BCUT2D eigenvalue weighted by atomic mass is 10.0. The number of hydrogen-bond donors (Lipinski definition) is 4. The van der Waals surface area contributed by atoms with E-state index in [0.29, 0.717) is 46.9 Å². The van der Waals surface area contributed by atoms with E-state index in [9.17, 15) is 9.18 Å². The molecule has 3 aromatic rings. The molecule has 0 bridgehead atoms. The maximum atomic E-state index is 13.3. The Kier molecular flexibility index (Phi) is 4.94. The fraction of sp³-hybridized carbons (Fsp3) is 0.200. The standard InChI is InChI=1S/C20H19FN4O3/c21-12-1-3-13(4-2-12)24-19-17-15(6-8-23-20(17)27)25-18(19)14-5-7-22-11-16(14)28-10-9-26/h1-5,7,11,24-26H,6,8-10H2,(H,23,27). The highest BCUT2D eigenvalue weighted by atomic mass is 19.1. The lowest BCUT2D eigenvalue weighted by molar-refractivity contribution is 0.0947. The van der Waals surface area contributed by atoms with Crippen molar-refractivity contribution in [3.8, 4) is 17.0 Å². The zero-order chi connectivity index (χ0) is 19.5. The van der Waals surface area contributed by atoms with Gasteiger partial charge in [0.15, 0.2) is 0 Å². The second-order valence-corrected chi connectivity index (χ2v) is 6.31. The lowest BCUT2D eigenvalue weighted by Crippen LogP contribution is -2.31. The third-order valence-electron chi connectivity index (χ3n) is 4.48. The van der Waals surface area contributed by atoms with Crippen molar-refractivity contribution in [1.29, 1.82) is 0 Å². The summed E-state index contributed by atoms with van der Waals surface area (Å²) in [6.07, 6.45) is 3.85. The molecule has 0 unspecified atom stereocenters. The van der Waals surface area contributed by atoms with E-state index in [-0.39, 0.29) is 24.9 Å². The van der Waals surface area contributed by atoms with E-state index in [2.05, 4.69) is 20.6 Å². The number of carbonyl (C=O) groups excluding carboxylic acids is 1. The van der Waals surface area contributed by atoms with Gasteiger partial charge in [0.1, 0.15) is 18.2 Å². The molecule has 1 amide bonds. The molecule has 7 nitrogen and oxygen atoms in total. The molecule has 4 rings (SSSR count). The minimum Gasteiger partial charge on any atom is -0.489 e. The number of hydrogen-bond acceptors (Lipinski definition) is 5. The molecular weight excluding hydrogens is 363 g/mol. The van der Waals surface area contributed by atoms with Gasteiger partial charge in [-0.3, -0.25) is 9.78 Å². The molecule has 0 atom stereocenters. The van der Waals surface area contributed by atoms with E-state index < -0.39 is 0 Å². The molecule has 0 fully saturated rings. The molecule has 8 heteroatoms. The highest BCUT2D eigenvalue weighted by Gasteiger charge is 2.28. The molecule has 0 radical (unpaired) electrons. The molecule has 28 heavy (non-hydrogen) atoms. The van der Waals surface area contributed by atoms with Gasteiger partial charge in [0.05, 0.1) is 29.7 Å². The van der Waals surface area contributed by atoms with Crippen molar-refractivity contribution in [2.45, 2.75) is 6.42 Å². The second-order valence-electron chi connectivity index (χ2n) is 6.31. The molecule has 1 aliphatic heterocycles. The number of halogens is 1. The predicted octanol–water partition coefficient (Wildman–Crippen LogP) is 2.62. The third-order valence-corrected chi connectivity index (χ3v) is 4.48. The number of benzene rings is 1. The number of anilines is 2. The highest BCUT2D eigenvalue weighted by molar-refractivity contribution is 6.06. The fourth-order valence-electron chi connectivity index (χ4n) is 3.24. The number of rotatable bonds is 6. The molecule has 2 aromatic heterocycles. The number of H-pyrrole nitrogens is 1. The van der Waals surface area contributed by atoms with Crippen molar-refractivity contribution in [2.24, 2.45) is 0 Å². The first-order valence-corrected chi connectivity index (χ1v) is 8.91. The summed E-state index contributed by atoms with van der Waals surface area (Å²) in [6, 6.07) is 7.69. The summed E-state index contributed by atoms with van der Waals surface area (Å²) in [6.45, 7) is 0.547. The maximum absolute atomic E-state index is 13.3. The molecule has 0 aliphatic carbocycles. The normalized spacial score (nSPS) is 13.0. The van der Waals surface area contributed by atoms with Crippen molar-refractivity contribution >= 4 is 17.3 Å². The quantitative estimate of drug-likeness (QED) is 0.525. The number of carbonyl (C=O) groups is 1. The number of aliphatic hydroxyl groups is 1. The van der Waals surface area contributed by atoms with Crippen molar-refractivity contribution in [1.82, 2.24) is 15.3 Å². The number of amides is 1. The summed E-state index contributed by atoms with van der Waals surface area (Å²) in [7, 11) is 0. The number of nitrogens with zero attached hydrogens (tertiary/aromatic N) is 1. The Labute approximate surface area is 160 Å². The van der Waals surface area contributed by atoms with E-state index in [0.717, 1.165) is 5.69 Å². The van der Waals surface area contributed by atoms with E-state index >= 15 is 0 Å². The number of ether oxygens (including phenoxy) is 1. The second kappa shape index (κ2) is 7.69. The Morgan fingerprint density at radius 1 is 1.25 bits per heavy atom. The van der Waals surface area contributed by atoms with Crippen molar-refractivity contribution in [3.05, 3.63) is 59.8 Å². The van der Waals surface area contributed by atoms with Gasteiger partial charge in [-0.1, -0.05) is 0 Å². The number of pyridine rings is 1. The van der Waals surface area contributed by atoms with Crippen LogP contribution in [-0.2, 0) is 6.42 Å². The van der Waals surface area contributed by atoms with Crippen molar-refractivity contribution in [2.75, 3.05) is 25.1 Å². The van der Waals surface area contributed by atoms with Gasteiger partial charge in [-0.2, -0.15) is 0 Å². The highest BCUT2D eigenvalue weighted by Crippen LogP contribution is 2.40. The molecule has 0 saturated carbocycles. The molecule has 144 valence electrons. The van der Waals surface area contributed by atoms with Crippen LogP contribution in [-0.4, -0.2) is 40.7 Å². The zero-order valence-electron chi connectivity index (χ0n) is 15.0. The van der Waals surface area contributed by atoms with Gasteiger partial charge in [0.2, 0.25) is 0 Å². The third kappa shape index (κ3) is 3.41. The van der Waals surface area contributed by atoms with Crippen LogP contribution < -0.4 is 15.4 Å². The van der Waals surface area contributed by atoms with Crippen LogP contribution in [0.2, 0.25) is 0 Å². The van der Waals surface area contributed by atoms with E-state index in [4.69, 9.17) is 9.84 Å². The van der Waals surface area contributed by atoms with Gasteiger partial charge in [0.25, 0.3) is 5.91 Å². The van der Waals surface area contributed by atoms with Gasteiger partial charge in [0, 0.05) is 36.1 Å². The van der Waals surface area contributed by atoms with Crippen LogP contribution in [0.5, 0.6) is 5.75 Å². The first-order chi connectivity index (χ1) is 13.7. The molecule has 0 saturated heterocycles. The summed E-state index contributed by atoms with van der Waals surface area (Å²) >= 11 is 0. The smallest absolute Gasteiger partial charge is 0.255 e. The van der Waals surface area contributed by atoms with Gasteiger partial charge in [-0.15, -0.1) is 0 Å². The Morgan fingerprint density at radius 2 is 2.07 bits per heavy atom. The summed E-state index contributed by atoms with van der Waals surface area (Å²) in [4.78, 5) is 20.0. The van der Waals surface area contributed by atoms with E-state index in [1.807, 2.05) is 0 Å².